The minimum atomic E-state index is 0.0680. The summed E-state index contributed by atoms with van der Waals surface area (Å²) in [5.74, 6) is 0.583. The van der Waals surface area contributed by atoms with Crippen LogP contribution >= 0.6 is 11.6 Å². The van der Waals surface area contributed by atoms with E-state index in [1.807, 2.05) is 4.90 Å². The molecule has 5 nitrogen and oxygen atoms in total. The van der Waals surface area contributed by atoms with Crippen LogP contribution in [0.25, 0.3) is 0 Å². The number of ether oxygens (including phenoxy) is 1. The van der Waals surface area contributed by atoms with E-state index in [2.05, 4.69) is 9.97 Å². The van der Waals surface area contributed by atoms with E-state index in [-0.39, 0.29) is 12.5 Å². The quantitative estimate of drug-likeness (QED) is 0.841. The van der Waals surface area contributed by atoms with Gasteiger partial charge in [0.25, 0.3) is 0 Å². The van der Waals surface area contributed by atoms with Crippen molar-refractivity contribution in [3.05, 3.63) is 23.2 Å². The molecule has 6 heteroatoms. The van der Waals surface area contributed by atoms with E-state index in [0.29, 0.717) is 11.1 Å². The Bertz CT molecular complexity index is 434. The van der Waals surface area contributed by atoms with Crippen LogP contribution in [-0.2, 0) is 16.0 Å². The van der Waals surface area contributed by atoms with Gasteiger partial charge in [0.2, 0.25) is 5.91 Å². The Labute approximate surface area is 117 Å². The molecule has 0 bridgehead atoms. The SMILES string of the molecule is COCC(=O)N1CCC(Cc2nccnc2Cl)CC1. The number of carbonyl (C=O) groups excluding carboxylic acids is 1. The zero-order valence-corrected chi connectivity index (χ0v) is 11.8. The lowest BCUT2D eigenvalue weighted by molar-refractivity contribution is -0.136. The second kappa shape index (κ2) is 6.82. The minimum Gasteiger partial charge on any atom is -0.375 e. The van der Waals surface area contributed by atoms with Crippen molar-refractivity contribution in [1.82, 2.24) is 14.9 Å². The average molecular weight is 284 g/mol. The molecule has 1 aliphatic rings. The van der Waals surface area contributed by atoms with E-state index in [1.165, 1.54) is 0 Å². The van der Waals surface area contributed by atoms with Gasteiger partial charge in [-0.3, -0.25) is 9.78 Å². The number of carbonyl (C=O) groups is 1. The van der Waals surface area contributed by atoms with Crippen LogP contribution < -0.4 is 0 Å². The van der Waals surface area contributed by atoms with Crippen molar-refractivity contribution in [2.24, 2.45) is 5.92 Å². The molecule has 19 heavy (non-hydrogen) atoms. The number of aromatic nitrogens is 2. The first-order valence-electron chi connectivity index (χ1n) is 6.42. The Balaban J connectivity index is 1.84. The number of likely N-dealkylation sites (tertiary alicyclic amines) is 1. The van der Waals surface area contributed by atoms with Crippen molar-refractivity contribution in [3.63, 3.8) is 0 Å². The van der Waals surface area contributed by atoms with Crippen molar-refractivity contribution >= 4 is 17.5 Å². The highest BCUT2D eigenvalue weighted by Crippen LogP contribution is 2.23. The molecule has 2 rings (SSSR count). The molecule has 1 aromatic rings. The number of halogens is 1. The summed E-state index contributed by atoms with van der Waals surface area (Å²) in [7, 11) is 1.54. The summed E-state index contributed by atoms with van der Waals surface area (Å²) >= 11 is 6.01. The molecule has 104 valence electrons. The molecule has 1 aliphatic heterocycles. The Morgan fingerprint density at radius 2 is 2.11 bits per heavy atom. The first-order valence-corrected chi connectivity index (χ1v) is 6.80. The van der Waals surface area contributed by atoms with E-state index < -0.39 is 0 Å². The van der Waals surface area contributed by atoms with Crippen LogP contribution in [0.5, 0.6) is 0 Å². The Kier molecular flexibility index (Phi) is 5.10. The Morgan fingerprint density at radius 3 is 2.74 bits per heavy atom. The van der Waals surface area contributed by atoms with Crippen molar-refractivity contribution in [2.45, 2.75) is 19.3 Å². The molecule has 0 radical (unpaired) electrons. The lowest BCUT2D eigenvalue weighted by atomic mass is 9.92. The molecule has 1 aromatic heterocycles. The molecule has 0 atom stereocenters. The van der Waals surface area contributed by atoms with Crippen molar-refractivity contribution in [2.75, 3.05) is 26.8 Å². The molecule has 0 spiro atoms. The number of rotatable bonds is 4. The molecule has 1 fully saturated rings. The number of nitrogens with zero attached hydrogens (tertiary/aromatic N) is 3. The summed E-state index contributed by atoms with van der Waals surface area (Å²) in [5.41, 5.74) is 0.853. The molecule has 0 saturated carbocycles. The van der Waals surface area contributed by atoms with Crippen LogP contribution in [0, 0.1) is 5.92 Å². The van der Waals surface area contributed by atoms with Gasteiger partial charge in [-0.2, -0.15) is 0 Å². The lowest BCUT2D eigenvalue weighted by Crippen LogP contribution is -2.40. The molecule has 0 aliphatic carbocycles. The van der Waals surface area contributed by atoms with E-state index >= 15 is 0 Å². The van der Waals surface area contributed by atoms with Gasteiger partial charge in [0.15, 0.2) is 0 Å². The maximum absolute atomic E-state index is 11.7. The third-order valence-corrected chi connectivity index (χ3v) is 3.76. The first-order chi connectivity index (χ1) is 9.20. The van der Waals surface area contributed by atoms with Gasteiger partial charge < -0.3 is 9.64 Å². The van der Waals surface area contributed by atoms with Crippen LogP contribution in [0.3, 0.4) is 0 Å². The summed E-state index contributed by atoms with van der Waals surface area (Å²) in [6.45, 7) is 1.73. The van der Waals surface area contributed by atoms with Gasteiger partial charge in [-0.05, 0) is 25.2 Å². The third kappa shape index (κ3) is 3.88. The average Bonchev–Trinajstić information content (AvgIpc) is 2.42. The van der Waals surface area contributed by atoms with Crippen molar-refractivity contribution < 1.29 is 9.53 Å². The van der Waals surface area contributed by atoms with Gasteiger partial charge in [0.05, 0.1) is 5.69 Å². The zero-order chi connectivity index (χ0) is 13.7. The van der Waals surface area contributed by atoms with E-state index in [4.69, 9.17) is 16.3 Å². The first kappa shape index (κ1) is 14.2. The fourth-order valence-corrected chi connectivity index (χ4v) is 2.54. The van der Waals surface area contributed by atoms with Gasteiger partial charge in [-0.15, -0.1) is 0 Å². The predicted octanol–water partition coefficient (Wildman–Crippen LogP) is 1.56. The van der Waals surface area contributed by atoms with Gasteiger partial charge in [0, 0.05) is 32.6 Å². The van der Waals surface area contributed by atoms with Gasteiger partial charge in [-0.25, -0.2) is 4.98 Å². The second-order valence-electron chi connectivity index (χ2n) is 4.76. The largest absolute Gasteiger partial charge is 0.375 e. The number of hydrogen-bond acceptors (Lipinski definition) is 4. The predicted molar refractivity (Wildman–Crippen MR) is 71.9 cm³/mol. The topological polar surface area (TPSA) is 55.3 Å². The summed E-state index contributed by atoms with van der Waals surface area (Å²) in [6.07, 6.45) is 6.04. The highest BCUT2D eigenvalue weighted by molar-refractivity contribution is 6.29. The maximum atomic E-state index is 11.7. The fraction of sp³-hybridized carbons (Fsp3) is 0.615. The summed E-state index contributed by atoms with van der Waals surface area (Å²) in [5, 5.41) is 0.486. The molecular weight excluding hydrogens is 266 g/mol. The van der Waals surface area contributed by atoms with Crippen LogP contribution in [0.4, 0.5) is 0 Å². The van der Waals surface area contributed by atoms with Crippen molar-refractivity contribution in [3.8, 4) is 0 Å². The highest BCUT2D eigenvalue weighted by atomic mass is 35.5. The molecular formula is C13H18ClN3O2. The summed E-state index contributed by atoms with van der Waals surface area (Å²) in [4.78, 5) is 21.8. The molecule has 2 heterocycles. The highest BCUT2D eigenvalue weighted by Gasteiger charge is 2.23. The van der Waals surface area contributed by atoms with Gasteiger partial charge in [0.1, 0.15) is 11.8 Å². The number of amides is 1. The molecule has 0 N–H and O–H groups in total. The number of hydrogen-bond donors (Lipinski definition) is 0. The molecule has 0 unspecified atom stereocenters. The van der Waals surface area contributed by atoms with Crippen LogP contribution in [0.2, 0.25) is 5.15 Å². The standard InChI is InChI=1S/C13H18ClN3O2/c1-19-9-12(18)17-6-2-10(3-7-17)8-11-13(14)16-5-4-15-11/h4-5,10H,2-3,6-9H2,1H3. The summed E-state index contributed by atoms with van der Waals surface area (Å²) < 4.78 is 4.87. The lowest BCUT2D eigenvalue weighted by Gasteiger charge is -2.31. The van der Waals surface area contributed by atoms with Crippen LogP contribution in [0.15, 0.2) is 12.4 Å². The Hall–Kier alpha value is -1.20. The van der Waals surface area contributed by atoms with Crippen LogP contribution in [0.1, 0.15) is 18.5 Å². The summed E-state index contributed by atoms with van der Waals surface area (Å²) in [6, 6.07) is 0. The molecule has 1 saturated heterocycles. The number of methoxy groups -OCH3 is 1. The van der Waals surface area contributed by atoms with E-state index in [0.717, 1.165) is 38.0 Å². The molecule has 1 amide bonds. The van der Waals surface area contributed by atoms with Gasteiger partial charge >= 0.3 is 0 Å². The second-order valence-corrected chi connectivity index (χ2v) is 5.11. The monoisotopic (exact) mass is 283 g/mol. The van der Waals surface area contributed by atoms with Crippen molar-refractivity contribution in [1.29, 1.82) is 0 Å². The molecule has 0 aromatic carbocycles. The third-order valence-electron chi connectivity index (χ3n) is 3.44. The normalized spacial score (nSPS) is 16.6. The zero-order valence-electron chi connectivity index (χ0n) is 11.0. The number of piperidine rings is 1. The van der Waals surface area contributed by atoms with Gasteiger partial charge in [-0.1, -0.05) is 11.6 Å². The van der Waals surface area contributed by atoms with E-state index in [9.17, 15) is 4.79 Å². The smallest absolute Gasteiger partial charge is 0.248 e. The van der Waals surface area contributed by atoms with E-state index in [1.54, 1.807) is 19.5 Å². The fourth-order valence-electron chi connectivity index (χ4n) is 2.36. The Morgan fingerprint density at radius 1 is 1.42 bits per heavy atom. The van der Waals surface area contributed by atoms with Crippen LogP contribution in [-0.4, -0.2) is 47.6 Å². The minimum absolute atomic E-state index is 0.0680. The maximum Gasteiger partial charge on any atom is 0.248 e.